The summed E-state index contributed by atoms with van der Waals surface area (Å²) in [4.78, 5) is 13.6. The van der Waals surface area contributed by atoms with Crippen molar-refractivity contribution in [2.45, 2.75) is 37.5 Å². The molecule has 0 N–H and O–H groups in total. The normalized spacial score (nSPS) is 11.1. The molecule has 2 heterocycles. The number of hydrogen-bond acceptors (Lipinski definition) is 6. The Morgan fingerprint density at radius 2 is 1.86 bits per heavy atom. The fraction of sp³-hybridized carbons (Fsp3) is 0.333. The quantitative estimate of drug-likeness (QED) is 0.671. The van der Waals surface area contributed by atoms with Gasteiger partial charge in [-0.05, 0) is 25.5 Å². The zero-order valence-corrected chi connectivity index (χ0v) is 12.9. The van der Waals surface area contributed by atoms with Crippen LogP contribution in [0.4, 0.5) is 0 Å². The van der Waals surface area contributed by atoms with Crippen molar-refractivity contribution in [1.29, 1.82) is 0 Å². The van der Waals surface area contributed by atoms with Crippen LogP contribution in [0.5, 0.6) is 0 Å². The van der Waals surface area contributed by atoms with Gasteiger partial charge in [0.25, 0.3) is 0 Å². The second kappa shape index (κ2) is 6.22. The molecular formula is C15H16N4OS. The molecule has 6 heteroatoms. The van der Waals surface area contributed by atoms with E-state index >= 15 is 0 Å². The fourth-order valence-electron chi connectivity index (χ4n) is 2.01. The Labute approximate surface area is 127 Å². The lowest BCUT2D eigenvalue weighted by molar-refractivity contribution is 0.384. The van der Waals surface area contributed by atoms with Crippen LogP contribution in [-0.4, -0.2) is 20.1 Å². The molecule has 0 spiro atoms. The first kappa shape index (κ1) is 14.0. The van der Waals surface area contributed by atoms with Crippen LogP contribution in [0.25, 0.3) is 11.0 Å². The van der Waals surface area contributed by atoms with Gasteiger partial charge in [-0.15, -0.1) is 0 Å². The molecule has 1 aromatic carbocycles. The molecule has 3 rings (SSSR count). The molecule has 0 saturated carbocycles. The highest BCUT2D eigenvalue weighted by Crippen LogP contribution is 2.24. The predicted octanol–water partition coefficient (Wildman–Crippen LogP) is 3.57. The van der Waals surface area contributed by atoms with Gasteiger partial charge < -0.3 is 4.52 Å². The monoisotopic (exact) mass is 300 g/mol. The van der Waals surface area contributed by atoms with Crippen molar-refractivity contribution in [3.8, 4) is 0 Å². The van der Waals surface area contributed by atoms with Crippen LogP contribution >= 0.6 is 11.8 Å². The van der Waals surface area contributed by atoms with Gasteiger partial charge in [0.15, 0.2) is 5.82 Å². The molecule has 0 amide bonds. The summed E-state index contributed by atoms with van der Waals surface area (Å²) in [5.41, 5.74) is 2.75. The minimum absolute atomic E-state index is 0.616. The first-order valence-electron chi connectivity index (χ1n) is 6.94. The molecule has 3 aromatic rings. The van der Waals surface area contributed by atoms with Crippen molar-refractivity contribution >= 4 is 22.8 Å². The first-order chi connectivity index (χ1) is 10.3. The molecule has 0 unspecified atom stereocenters. The van der Waals surface area contributed by atoms with E-state index in [9.17, 15) is 0 Å². The van der Waals surface area contributed by atoms with Gasteiger partial charge in [-0.3, -0.25) is 0 Å². The minimum Gasteiger partial charge on any atom is -0.338 e. The van der Waals surface area contributed by atoms with Gasteiger partial charge in [0.2, 0.25) is 5.89 Å². The van der Waals surface area contributed by atoms with Crippen molar-refractivity contribution in [2.75, 3.05) is 0 Å². The minimum atomic E-state index is 0.616. The van der Waals surface area contributed by atoms with Gasteiger partial charge in [-0.1, -0.05) is 36.0 Å². The number of fused-ring (bicyclic) bond motifs is 1. The van der Waals surface area contributed by atoms with Gasteiger partial charge >= 0.3 is 0 Å². The Morgan fingerprint density at radius 1 is 1.10 bits per heavy atom. The smallest absolute Gasteiger partial charge is 0.237 e. The molecule has 5 nitrogen and oxygen atoms in total. The third kappa shape index (κ3) is 3.21. The first-order valence-corrected chi connectivity index (χ1v) is 7.92. The van der Waals surface area contributed by atoms with Crippen molar-refractivity contribution in [1.82, 2.24) is 20.1 Å². The molecule has 21 heavy (non-hydrogen) atoms. The van der Waals surface area contributed by atoms with Crippen LogP contribution in [0.3, 0.4) is 0 Å². The molecule has 2 aromatic heterocycles. The number of hydrogen-bond donors (Lipinski definition) is 0. The Hall–Kier alpha value is -1.95. The number of nitrogens with zero attached hydrogens (tertiary/aromatic N) is 4. The highest BCUT2D eigenvalue weighted by atomic mass is 32.2. The predicted molar refractivity (Wildman–Crippen MR) is 82.1 cm³/mol. The van der Waals surface area contributed by atoms with Crippen molar-refractivity contribution in [3.05, 3.63) is 41.7 Å². The number of aromatic nitrogens is 4. The largest absolute Gasteiger partial charge is 0.338 e. The maximum absolute atomic E-state index is 5.24. The summed E-state index contributed by atoms with van der Waals surface area (Å²) in [5, 5.41) is 4.86. The molecule has 0 aliphatic heterocycles. The maximum Gasteiger partial charge on any atom is 0.237 e. The summed E-state index contributed by atoms with van der Waals surface area (Å²) in [6, 6.07) is 7.88. The second-order valence-electron chi connectivity index (χ2n) is 4.75. The second-order valence-corrected chi connectivity index (χ2v) is 5.71. The number of para-hydroxylation sites is 2. The van der Waals surface area contributed by atoms with E-state index in [1.807, 2.05) is 31.2 Å². The van der Waals surface area contributed by atoms with Crippen molar-refractivity contribution in [2.24, 2.45) is 0 Å². The lowest BCUT2D eigenvalue weighted by Gasteiger charge is -2.04. The molecule has 0 aliphatic carbocycles. The molecule has 0 radical (unpaired) electrons. The number of rotatable bonds is 5. The van der Waals surface area contributed by atoms with Gasteiger partial charge in [0.05, 0.1) is 22.5 Å². The Bertz CT molecular complexity index is 756. The van der Waals surface area contributed by atoms with Gasteiger partial charge in [0, 0.05) is 6.42 Å². The highest BCUT2D eigenvalue weighted by molar-refractivity contribution is 7.98. The van der Waals surface area contributed by atoms with Crippen LogP contribution in [0.2, 0.25) is 0 Å². The average Bonchev–Trinajstić information content (AvgIpc) is 2.93. The van der Waals surface area contributed by atoms with E-state index in [1.54, 1.807) is 11.8 Å². The summed E-state index contributed by atoms with van der Waals surface area (Å²) in [5.74, 6) is 2.03. The van der Waals surface area contributed by atoms with Crippen molar-refractivity contribution < 1.29 is 4.52 Å². The third-order valence-corrected chi connectivity index (χ3v) is 4.07. The molecule has 0 atom stereocenters. The topological polar surface area (TPSA) is 64.7 Å². The van der Waals surface area contributed by atoms with E-state index in [4.69, 9.17) is 4.52 Å². The van der Waals surface area contributed by atoms with Gasteiger partial charge in [-0.2, -0.15) is 4.98 Å². The van der Waals surface area contributed by atoms with Gasteiger partial charge in [0.1, 0.15) is 5.03 Å². The van der Waals surface area contributed by atoms with E-state index in [2.05, 4.69) is 27.0 Å². The lowest BCUT2D eigenvalue weighted by Crippen LogP contribution is -1.93. The van der Waals surface area contributed by atoms with E-state index in [-0.39, 0.29) is 0 Å². The average molecular weight is 300 g/mol. The summed E-state index contributed by atoms with van der Waals surface area (Å²) in [6.45, 7) is 4.07. The van der Waals surface area contributed by atoms with E-state index < -0.39 is 0 Å². The molecule has 108 valence electrons. The fourth-order valence-corrected chi connectivity index (χ4v) is 2.81. The standard InChI is InChI=1S/C15H16N4OS/c1-3-6-13-18-14(20-19-13)9-21-15-10(2)16-11-7-4-5-8-12(11)17-15/h4-5,7-8H,3,6,9H2,1-2H3. The summed E-state index contributed by atoms with van der Waals surface area (Å²) in [6.07, 6.45) is 1.87. The van der Waals surface area contributed by atoms with E-state index in [0.29, 0.717) is 11.6 Å². The zero-order chi connectivity index (χ0) is 14.7. The SMILES string of the molecule is CCCc1noc(CSc2nc3ccccc3nc2C)n1. The third-order valence-electron chi connectivity index (χ3n) is 3.02. The van der Waals surface area contributed by atoms with Crippen LogP contribution < -0.4 is 0 Å². The molecule has 0 bridgehead atoms. The van der Waals surface area contributed by atoms with Crippen LogP contribution in [0.15, 0.2) is 33.8 Å². The number of aryl methyl sites for hydroxylation is 2. The van der Waals surface area contributed by atoms with Crippen LogP contribution in [0, 0.1) is 6.92 Å². The molecular weight excluding hydrogens is 284 g/mol. The number of benzene rings is 1. The summed E-state index contributed by atoms with van der Waals surface area (Å²) >= 11 is 1.58. The molecule has 0 aliphatic rings. The van der Waals surface area contributed by atoms with E-state index in [0.717, 1.165) is 40.4 Å². The molecule has 0 saturated heterocycles. The Balaban J connectivity index is 1.76. The number of thioether (sulfide) groups is 1. The maximum atomic E-state index is 5.24. The summed E-state index contributed by atoms with van der Waals surface area (Å²) in [7, 11) is 0. The van der Waals surface area contributed by atoms with Crippen LogP contribution in [-0.2, 0) is 12.2 Å². The summed E-state index contributed by atoms with van der Waals surface area (Å²) < 4.78 is 5.24. The van der Waals surface area contributed by atoms with Crippen molar-refractivity contribution in [3.63, 3.8) is 0 Å². The van der Waals surface area contributed by atoms with E-state index in [1.165, 1.54) is 0 Å². The zero-order valence-electron chi connectivity index (χ0n) is 12.0. The Kier molecular flexibility index (Phi) is 4.15. The highest BCUT2D eigenvalue weighted by Gasteiger charge is 2.10. The molecule has 0 fully saturated rings. The van der Waals surface area contributed by atoms with Gasteiger partial charge in [-0.25, -0.2) is 9.97 Å². The van der Waals surface area contributed by atoms with Crippen LogP contribution in [0.1, 0.15) is 30.8 Å². The lowest BCUT2D eigenvalue weighted by atomic mass is 10.3. The Morgan fingerprint density at radius 3 is 2.62 bits per heavy atom.